The zero-order chi connectivity index (χ0) is 12.6. The number of ether oxygens (including phenoxy) is 2. The van der Waals surface area contributed by atoms with Crippen LogP contribution in [0.15, 0.2) is 12.2 Å². The quantitative estimate of drug-likeness (QED) is 0.544. The standard InChI is InChI=1S/C13H18O4/c1-7(2)12(14)17-11-9-4-5-10(11)16-13(15)8(3)6-9/h8-11H,1,4-6H2,2-3H3. The molecule has 0 amide bonds. The van der Waals surface area contributed by atoms with Crippen LogP contribution in [0.5, 0.6) is 0 Å². The molecule has 1 aliphatic carbocycles. The van der Waals surface area contributed by atoms with Crippen LogP contribution in [-0.2, 0) is 19.1 Å². The molecule has 17 heavy (non-hydrogen) atoms. The first-order chi connectivity index (χ1) is 7.99. The van der Waals surface area contributed by atoms with E-state index in [-0.39, 0.29) is 30.0 Å². The highest BCUT2D eigenvalue weighted by Crippen LogP contribution is 2.39. The Bertz CT molecular complexity index is 360. The monoisotopic (exact) mass is 238 g/mol. The third kappa shape index (κ3) is 2.35. The molecular formula is C13H18O4. The molecule has 0 aromatic rings. The van der Waals surface area contributed by atoms with Gasteiger partial charge in [0.1, 0.15) is 12.2 Å². The van der Waals surface area contributed by atoms with Gasteiger partial charge in [0, 0.05) is 11.5 Å². The number of carbonyl (C=O) groups is 2. The van der Waals surface area contributed by atoms with Gasteiger partial charge in [-0.15, -0.1) is 0 Å². The summed E-state index contributed by atoms with van der Waals surface area (Å²) in [7, 11) is 0. The van der Waals surface area contributed by atoms with Crippen LogP contribution < -0.4 is 0 Å². The van der Waals surface area contributed by atoms with Crippen molar-refractivity contribution in [2.45, 2.75) is 45.3 Å². The number of hydrogen-bond donors (Lipinski definition) is 0. The van der Waals surface area contributed by atoms with Gasteiger partial charge in [-0.05, 0) is 26.2 Å². The molecule has 1 saturated carbocycles. The first kappa shape index (κ1) is 12.1. The molecule has 94 valence electrons. The average Bonchev–Trinajstić information content (AvgIpc) is 2.56. The van der Waals surface area contributed by atoms with Crippen molar-refractivity contribution in [1.29, 1.82) is 0 Å². The topological polar surface area (TPSA) is 52.6 Å². The maximum atomic E-state index is 11.6. The molecule has 0 aromatic carbocycles. The predicted octanol–water partition coefficient (Wildman–Crippen LogP) is 1.84. The average molecular weight is 238 g/mol. The lowest BCUT2D eigenvalue weighted by atomic mass is 9.93. The Hall–Kier alpha value is -1.32. The Balaban J connectivity index is 2.10. The van der Waals surface area contributed by atoms with E-state index in [2.05, 4.69) is 6.58 Å². The summed E-state index contributed by atoms with van der Waals surface area (Å²) in [5.74, 6) is -0.424. The van der Waals surface area contributed by atoms with Gasteiger partial charge in [-0.2, -0.15) is 0 Å². The summed E-state index contributed by atoms with van der Waals surface area (Å²) in [5.41, 5.74) is 0.382. The molecule has 4 unspecified atom stereocenters. The maximum Gasteiger partial charge on any atom is 0.333 e. The van der Waals surface area contributed by atoms with Gasteiger partial charge in [0.15, 0.2) is 0 Å². The van der Waals surface area contributed by atoms with Crippen molar-refractivity contribution < 1.29 is 19.1 Å². The van der Waals surface area contributed by atoms with Crippen LogP contribution in [0.4, 0.5) is 0 Å². The minimum absolute atomic E-state index is 0.101. The van der Waals surface area contributed by atoms with Crippen molar-refractivity contribution in [2.75, 3.05) is 0 Å². The second-order valence-corrected chi connectivity index (χ2v) is 5.10. The SMILES string of the molecule is C=C(C)C(=O)OC1C2CCC1OC(=O)C(C)C2. The summed E-state index contributed by atoms with van der Waals surface area (Å²) >= 11 is 0. The summed E-state index contributed by atoms with van der Waals surface area (Å²) in [6, 6.07) is 0. The highest BCUT2D eigenvalue weighted by atomic mass is 16.6. The number of carbonyl (C=O) groups excluding carboxylic acids is 2. The van der Waals surface area contributed by atoms with Crippen LogP contribution in [-0.4, -0.2) is 24.1 Å². The van der Waals surface area contributed by atoms with E-state index in [1.165, 1.54) is 0 Å². The fourth-order valence-electron chi connectivity index (χ4n) is 2.60. The Morgan fingerprint density at radius 1 is 1.47 bits per heavy atom. The van der Waals surface area contributed by atoms with Crippen molar-refractivity contribution in [2.24, 2.45) is 11.8 Å². The zero-order valence-electron chi connectivity index (χ0n) is 10.3. The molecule has 4 nitrogen and oxygen atoms in total. The predicted molar refractivity (Wildman–Crippen MR) is 61.1 cm³/mol. The van der Waals surface area contributed by atoms with E-state index in [4.69, 9.17) is 9.47 Å². The van der Waals surface area contributed by atoms with Gasteiger partial charge in [0.25, 0.3) is 0 Å². The van der Waals surface area contributed by atoms with Gasteiger partial charge in [0.05, 0.1) is 5.92 Å². The highest BCUT2D eigenvalue weighted by Gasteiger charge is 2.45. The van der Waals surface area contributed by atoms with Gasteiger partial charge in [-0.25, -0.2) is 4.79 Å². The van der Waals surface area contributed by atoms with E-state index in [0.29, 0.717) is 5.57 Å². The van der Waals surface area contributed by atoms with E-state index in [0.717, 1.165) is 19.3 Å². The molecule has 1 heterocycles. The van der Waals surface area contributed by atoms with E-state index in [9.17, 15) is 9.59 Å². The summed E-state index contributed by atoms with van der Waals surface area (Å²) in [4.78, 5) is 23.1. The first-order valence-electron chi connectivity index (χ1n) is 6.06. The lowest BCUT2D eigenvalue weighted by molar-refractivity contribution is -0.163. The van der Waals surface area contributed by atoms with E-state index >= 15 is 0 Å². The number of esters is 2. The van der Waals surface area contributed by atoms with Crippen molar-refractivity contribution in [1.82, 2.24) is 0 Å². The zero-order valence-corrected chi connectivity index (χ0v) is 10.3. The largest absolute Gasteiger partial charge is 0.458 e. The molecule has 2 rings (SSSR count). The summed E-state index contributed by atoms with van der Waals surface area (Å²) < 4.78 is 10.8. The number of fused-ring (bicyclic) bond motifs is 2. The molecule has 1 aliphatic heterocycles. The molecule has 1 saturated heterocycles. The fourth-order valence-corrected chi connectivity index (χ4v) is 2.60. The lowest BCUT2D eigenvalue weighted by Crippen LogP contribution is -2.32. The molecule has 2 fully saturated rings. The molecule has 4 atom stereocenters. The molecule has 2 bridgehead atoms. The third-order valence-electron chi connectivity index (χ3n) is 3.57. The maximum absolute atomic E-state index is 11.6. The molecular weight excluding hydrogens is 220 g/mol. The summed E-state index contributed by atoms with van der Waals surface area (Å²) in [6.07, 6.45) is 1.94. The van der Waals surface area contributed by atoms with Crippen molar-refractivity contribution in [3.63, 3.8) is 0 Å². The normalized spacial score (nSPS) is 36.0. The smallest absolute Gasteiger partial charge is 0.333 e. The molecule has 0 N–H and O–H groups in total. The van der Waals surface area contributed by atoms with Crippen LogP contribution in [0.25, 0.3) is 0 Å². The molecule has 0 aromatic heterocycles. The lowest BCUT2D eigenvalue weighted by Gasteiger charge is -2.21. The van der Waals surface area contributed by atoms with Crippen LogP contribution >= 0.6 is 0 Å². The van der Waals surface area contributed by atoms with Gasteiger partial charge in [-0.1, -0.05) is 13.5 Å². The van der Waals surface area contributed by atoms with Crippen LogP contribution in [0.1, 0.15) is 33.1 Å². The van der Waals surface area contributed by atoms with Gasteiger partial charge >= 0.3 is 11.9 Å². The van der Waals surface area contributed by atoms with Crippen LogP contribution in [0.3, 0.4) is 0 Å². The van der Waals surface area contributed by atoms with Crippen molar-refractivity contribution >= 4 is 11.9 Å². The van der Waals surface area contributed by atoms with Gasteiger partial charge in [0.2, 0.25) is 0 Å². The minimum atomic E-state index is -0.391. The Morgan fingerprint density at radius 2 is 2.18 bits per heavy atom. The number of rotatable bonds is 2. The second-order valence-electron chi connectivity index (χ2n) is 5.10. The highest BCUT2D eigenvalue weighted by molar-refractivity contribution is 5.87. The van der Waals surface area contributed by atoms with E-state index < -0.39 is 5.97 Å². The molecule has 2 aliphatic rings. The minimum Gasteiger partial charge on any atom is -0.458 e. The fraction of sp³-hybridized carbons (Fsp3) is 0.692. The van der Waals surface area contributed by atoms with Crippen molar-refractivity contribution in [3.05, 3.63) is 12.2 Å². The summed E-state index contributed by atoms with van der Waals surface area (Å²) in [5, 5.41) is 0. The molecule has 0 spiro atoms. The Labute approximate surface area is 101 Å². The van der Waals surface area contributed by atoms with Gasteiger partial charge < -0.3 is 9.47 Å². The van der Waals surface area contributed by atoms with Gasteiger partial charge in [-0.3, -0.25) is 4.79 Å². The van der Waals surface area contributed by atoms with E-state index in [1.807, 2.05) is 6.92 Å². The summed E-state index contributed by atoms with van der Waals surface area (Å²) in [6.45, 7) is 7.04. The van der Waals surface area contributed by atoms with Crippen LogP contribution in [0.2, 0.25) is 0 Å². The van der Waals surface area contributed by atoms with E-state index in [1.54, 1.807) is 6.92 Å². The first-order valence-corrected chi connectivity index (χ1v) is 6.06. The Morgan fingerprint density at radius 3 is 2.82 bits per heavy atom. The molecule has 0 radical (unpaired) electrons. The third-order valence-corrected chi connectivity index (χ3v) is 3.57. The number of hydrogen-bond acceptors (Lipinski definition) is 4. The molecule has 4 heteroatoms. The Kier molecular flexibility index (Phi) is 3.22. The van der Waals surface area contributed by atoms with Crippen molar-refractivity contribution in [3.8, 4) is 0 Å². The second kappa shape index (κ2) is 4.51. The van der Waals surface area contributed by atoms with Crippen LogP contribution in [0, 0.1) is 11.8 Å².